The molecule has 0 radical (unpaired) electrons. The standard InChI is InChI=1S/C14H18O3.C3H8O.2C3H8.C2H6/c1-14(2,3)13(16)9-12(15)10-5-7-11(17-4)8-6-10;1-3(2)4;2*1-3-2;1-2/h5-9,15H,1-4H3;3-4H,1-2H3;2*3H2,1-2H3;1-2H3/b12-9-;;;;. The van der Waals surface area contributed by atoms with E-state index in [-0.39, 0.29) is 17.6 Å². The van der Waals surface area contributed by atoms with Crippen LogP contribution in [0.15, 0.2) is 30.3 Å². The first-order valence-corrected chi connectivity index (χ1v) is 10.7. The number of allylic oxidation sites excluding steroid dienone is 1. The lowest BCUT2D eigenvalue weighted by molar-refractivity contribution is -0.121. The molecule has 172 valence electrons. The number of carbonyl (C=O) groups is 1. The normalized spacial score (nSPS) is 9.93. The second-order valence-corrected chi connectivity index (χ2v) is 7.38. The molecule has 0 saturated carbocycles. The van der Waals surface area contributed by atoms with Crippen molar-refractivity contribution in [3.63, 3.8) is 0 Å². The lowest BCUT2D eigenvalue weighted by Crippen LogP contribution is -2.17. The average molecular weight is 413 g/mol. The Balaban J connectivity index is -0.000000216. The molecule has 0 spiro atoms. The number of methoxy groups -OCH3 is 1. The zero-order valence-electron chi connectivity index (χ0n) is 21.1. The van der Waals surface area contributed by atoms with Gasteiger partial charge in [0.1, 0.15) is 11.5 Å². The highest BCUT2D eigenvalue weighted by Crippen LogP contribution is 2.20. The molecule has 1 aromatic rings. The quantitative estimate of drug-likeness (QED) is 0.399. The fraction of sp³-hybridized carbons (Fsp3) is 0.640. The van der Waals surface area contributed by atoms with E-state index >= 15 is 0 Å². The van der Waals surface area contributed by atoms with Gasteiger partial charge in [-0.1, -0.05) is 75.2 Å². The first kappa shape index (κ1) is 34.7. The maximum Gasteiger partial charge on any atom is 0.164 e. The summed E-state index contributed by atoms with van der Waals surface area (Å²) in [5.74, 6) is 0.585. The minimum absolute atomic E-state index is 0.0208. The molecule has 0 bridgehead atoms. The highest BCUT2D eigenvalue weighted by atomic mass is 16.5. The van der Waals surface area contributed by atoms with Gasteiger partial charge in [0.25, 0.3) is 0 Å². The number of ether oxygens (including phenoxy) is 1. The van der Waals surface area contributed by atoms with Crippen molar-refractivity contribution in [2.24, 2.45) is 5.41 Å². The smallest absolute Gasteiger partial charge is 0.164 e. The molecule has 0 aliphatic heterocycles. The summed E-state index contributed by atoms with van der Waals surface area (Å²) in [6.07, 6.45) is 3.60. The van der Waals surface area contributed by atoms with Gasteiger partial charge in [0.2, 0.25) is 0 Å². The molecule has 1 aromatic carbocycles. The lowest BCUT2D eigenvalue weighted by atomic mass is 9.90. The molecule has 0 saturated heterocycles. The van der Waals surface area contributed by atoms with Gasteiger partial charge in [-0.15, -0.1) is 0 Å². The van der Waals surface area contributed by atoms with Crippen LogP contribution in [-0.4, -0.2) is 29.2 Å². The van der Waals surface area contributed by atoms with Gasteiger partial charge >= 0.3 is 0 Å². The third-order valence-electron chi connectivity index (χ3n) is 2.39. The van der Waals surface area contributed by atoms with Crippen LogP contribution in [0, 0.1) is 5.41 Å². The van der Waals surface area contributed by atoms with Crippen LogP contribution in [0.25, 0.3) is 5.76 Å². The zero-order chi connectivity index (χ0) is 24.0. The van der Waals surface area contributed by atoms with Crippen molar-refractivity contribution in [1.29, 1.82) is 0 Å². The molecule has 0 fully saturated rings. The Morgan fingerprint density at radius 2 is 1.31 bits per heavy atom. The molecule has 4 nitrogen and oxygen atoms in total. The highest BCUT2D eigenvalue weighted by molar-refractivity contribution is 5.98. The molecule has 0 aliphatic rings. The van der Waals surface area contributed by atoms with Crippen LogP contribution >= 0.6 is 0 Å². The molecule has 4 heteroatoms. The average Bonchev–Trinajstić information content (AvgIpc) is 2.63. The van der Waals surface area contributed by atoms with Crippen LogP contribution in [-0.2, 0) is 4.79 Å². The van der Waals surface area contributed by atoms with E-state index in [1.807, 2.05) is 34.6 Å². The molecule has 0 atom stereocenters. The van der Waals surface area contributed by atoms with Crippen molar-refractivity contribution in [1.82, 2.24) is 0 Å². The van der Waals surface area contributed by atoms with Crippen LogP contribution in [0.2, 0.25) is 0 Å². The van der Waals surface area contributed by atoms with E-state index in [2.05, 4.69) is 27.7 Å². The summed E-state index contributed by atoms with van der Waals surface area (Å²) >= 11 is 0. The predicted molar refractivity (Wildman–Crippen MR) is 129 cm³/mol. The van der Waals surface area contributed by atoms with E-state index in [9.17, 15) is 9.90 Å². The highest BCUT2D eigenvalue weighted by Gasteiger charge is 2.19. The first-order valence-electron chi connectivity index (χ1n) is 10.7. The lowest BCUT2D eigenvalue weighted by Gasteiger charge is -2.13. The maximum absolute atomic E-state index is 11.7. The number of rotatable bonds is 3. The van der Waals surface area contributed by atoms with Crippen LogP contribution in [0.1, 0.15) is 94.6 Å². The number of aliphatic hydroxyl groups is 2. The molecule has 0 aliphatic carbocycles. The van der Waals surface area contributed by atoms with Gasteiger partial charge in [0.05, 0.1) is 7.11 Å². The molecule has 0 aromatic heterocycles. The van der Waals surface area contributed by atoms with Gasteiger partial charge < -0.3 is 14.9 Å². The molecular formula is C25H48O4. The van der Waals surface area contributed by atoms with E-state index < -0.39 is 5.41 Å². The van der Waals surface area contributed by atoms with E-state index in [1.54, 1.807) is 45.2 Å². The van der Waals surface area contributed by atoms with E-state index in [1.165, 1.54) is 18.9 Å². The van der Waals surface area contributed by atoms with E-state index in [0.29, 0.717) is 11.3 Å². The summed E-state index contributed by atoms with van der Waals surface area (Å²) in [7, 11) is 1.58. The Bertz CT molecular complexity index is 490. The maximum atomic E-state index is 11.7. The summed E-state index contributed by atoms with van der Waals surface area (Å²) in [6.45, 7) is 21.4. The van der Waals surface area contributed by atoms with Crippen molar-refractivity contribution in [3.05, 3.63) is 35.9 Å². The van der Waals surface area contributed by atoms with Crippen LogP contribution < -0.4 is 4.74 Å². The summed E-state index contributed by atoms with van der Waals surface area (Å²) in [4.78, 5) is 11.7. The molecule has 2 N–H and O–H groups in total. The number of carbonyl (C=O) groups excluding carboxylic acids is 1. The van der Waals surface area contributed by atoms with Gasteiger partial charge in [-0.25, -0.2) is 0 Å². The van der Waals surface area contributed by atoms with Gasteiger partial charge in [-0.05, 0) is 38.1 Å². The van der Waals surface area contributed by atoms with Gasteiger partial charge in [-0.2, -0.15) is 0 Å². The minimum atomic E-state index is -0.486. The van der Waals surface area contributed by atoms with Crippen LogP contribution in [0.5, 0.6) is 5.75 Å². The number of benzene rings is 1. The molecule has 29 heavy (non-hydrogen) atoms. The molecule has 0 heterocycles. The number of aliphatic hydroxyl groups excluding tert-OH is 2. The number of hydrogen-bond donors (Lipinski definition) is 2. The summed E-state index contributed by atoms with van der Waals surface area (Å²) in [5.41, 5.74) is 0.115. The van der Waals surface area contributed by atoms with Crippen molar-refractivity contribution in [2.45, 2.75) is 95.1 Å². The second kappa shape index (κ2) is 22.5. The van der Waals surface area contributed by atoms with Crippen molar-refractivity contribution in [2.75, 3.05) is 7.11 Å². The van der Waals surface area contributed by atoms with Crippen molar-refractivity contribution >= 4 is 11.5 Å². The Morgan fingerprint density at radius 3 is 1.55 bits per heavy atom. The Morgan fingerprint density at radius 1 is 1.00 bits per heavy atom. The third-order valence-corrected chi connectivity index (χ3v) is 2.39. The van der Waals surface area contributed by atoms with Gasteiger partial charge in [0, 0.05) is 23.2 Å². The summed E-state index contributed by atoms with van der Waals surface area (Å²) in [6, 6.07) is 6.89. The van der Waals surface area contributed by atoms with Crippen LogP contribution in [0.3, 0.4) is 0 Å². The van der Waals surface area contributed by atoms with Crippen LogP contribution in [0.4, 0.5) is 0 Å². The predicted octanol–water partition coefficient (Wildman–Crippen LogP) is 7.46. The first-order chi connectivity index (χ1) is 13.4. The topological polar surface area (TPSA) is 66.8 Å². The third kappa shape index (κ3) is 26.2. The Labute approximate surface area is 181 Å². The summed E-state index contributed by atoms with van der Waals surface area (Å²) < 4.78 is 5.02. The van der Waals surface area contributed by atoms with E-state index in [0.717, 1.165) is 0 Å². The fourth-order valence-corrected chi connectivity index (χ4v) is 1.19. The zero-order valence-corrected chi connectivity index (χ0v) is 21.1. The number of hydrogen-bond acceptors (Lipinski definition) is 4. The molecule has 1 rings (SSSR count). The number of ketones is 1. The molecule has 0 unspecified atom stereocenters. The van der Waals surface area contributed by atoms with Gasteiger partial charge in [-0.3, -0.25) is 4.79 Å². The largest absolute Gasteiger partial charge is 0.507 e. The fourth-order valence-electron chi connectivity index (χ4n) is 1.19. The second-order valence-electron chi connectivity index (χ2n) is 7.38. The van der Waals surface area contributed by atoms with E-state index in [4.69, 9.17) is 9.84 Å². The van der Waals surface area contributed by atoms with Crippen molar-refractivity contribution < 1.29 is 19.7 Å². The Kier molecular flexibility index (Phi) is 26.9. The van der Waals surface area contributed by atoms with Gasteiger partial charge in [0.15, 0.2) is 5.78 Å². The summed E-state index contributed by atoms with van der Waals surface area (Å²) in [5, 5.41) is 17.9. The SMILES string of the molecule is CC.CC(C)O.CCC.CCC.COc1ccc(/C(O)=C/C(=O)C(C)(C)C)cc1. The monoisotopic (exact) mass is 412 g/mol. The minimum Gasteiger partial charge on any atom is -0.507 e. The molecular weight excluding hydrogens is 364 g/mol. The Hall–Kier alpha value is -1.81. The molecule has 0 amide bonds. The van der Waals surface area contributed by atoms with Crippen molar-refractivity contribution in [3.8, 4) is 5.75 Å².